The largest absolute Gasteiger partial charge is 0.458 e. The SMILES string of the molecule is C=C[C@@H]1O[C@H]2C[C@H]3CC[C@@]3(OC(C)=O)[C@H]3[C@H](OC(=O)c4ccccc4)[C@]4(C(C)(C)O)CC(OC(=O)[C@H](O)C(CC(C)C)NC(=O)OC(C)(C)C)C(C)=C4[C@H](C)[C@H](O1)[C@]23C. The molecule has 13 heteroatoms. The fourth-order valence-electron chi connectivity index (χ4n) is 11.6. The van der Waals surface area contributed by atoms with E-state index in [1.807, 2.05) is 27.7 Å². The number of alkyl carbamates (subject to hydrolysis) is 1. The summed E-state index contributed by atoms with van der Waals surface area (Å²) in [5.74, 6) is -3.53. The number of esters is 3. The number of fused-ring (bicyclic) bond motifs is 3. The fraction of sp³-hybridized carbons (Fsp3) is 0.696. The van der Waals surface area contributed by atoms with Gasteiger partial charge in [-0.25, -0.2) is 14.4 Å². The zero-order valence-electron chi connectivity index (χ0n) is 36.5. The van der Waals surface area contributed by atoms with Crippen molar-refractivity contribution in [2.75, 3.05) is 0 Å². The van der Waals surface area contributed by atoms with Gasteiger partial charge in [-0.3, -0.25) is 4.79 Å². The van der Waals surface area contributed by atoms with E-state index in [1.165, 1.54) is 6.92 Å². The van der Waals surface area contributed by atoms with Gasteiger partial charge < -0.3 is 44.0 Å². The van der Waals surface area contributed by atoms with E-state index in [2.05, 4.69) is 18.8 Å². The van der Waals surface area contributed by atoms with Crippen LogP contribution in [0, 0.1) is 34.5 Å². The molecule has 1 aliphatic heterocycles. The summed E-state index contributed by atoms with van der Waals surface area (Å²) < 4.78 is 38.6. The molecule has 1 amide bonds. The van der Waals surface area contributed by atoms with Gasteiger partial charge >= 0.3 is 24.0 Å². The lowest BCUT2D eigenvalue weighted by molar-refractivity contribution is -0.361. The molecule has 1 heterocycles. The molecule has 13 atom stereocenters. The Kier molecular flexibility index (Phi) is 12.1. The lowest BCUT2D eigenvalue weighted by atomic mass is 9.43. The smallest absolute Gasteiger partial charge is 0.407 e. The number of benzene rings is 1. The third kappa shape index (κ3) is 7.74. The minimum Gasteiger partial charge on any atom is -0.458 e. The highest BCUT2D eigenvalue weighted by Crippen LogP contribution is 2.72. The van der Waals surface area contributed by atoms with E-state index < -0.39 is 106 Å². The standard InChI is InChI=1S/C46H65NO12/c1-13-33-55-32-22-29-19-20-46(29,58-27(6)48)36-38(57-39(50)28-17-15-14-16-18-28)45(43(10,11)53)23-31(25(4)34(45)26(5)37(56-33)44(32,36)12)54-40(51)35(49)30(21-24(2)3)47-41(52)59-42(7,8)9/h13-18,24,26,29-33,35-38,49,53H,1,19-23H2,2-12H3,(H,47,52)/t26-,29+,30?,31?,32-,33+,35+,36-,37-,38-,44+,45-,46-/m0/s1. The monoisotopic (exact) mass is 823 g/mol. The van der Waals surface area contributed by atoms with Crippen LogP contribution >= 0.6 is 0 Å². The van der Waals surface area contributed by atoms with Gasteiger partial charge in [0.2, 0.25) is 0 Å². The molecule has 6 rings (SSSR count). The minimum atomic E-state index is -1.77. The van der Waals surface area contributed by atoms with Crippen LogP contribution in [-0.2, 0) is 38.0 Å². The Morgan fingerprint density at radius 1 is 1.07 bits per heavy atom. The second kappa shape index (κ2) is 15.9. The summed E-state index contributed by atoms with van der Waals surface area (Å²) in [5, 5.41) is 27.1. The van der Waals surface area contributed by atoms with E-state index in [0.29, 0.717) is 29.6 Å². The zero-order chi connectivity index (χ0) is 43.6. The van der Waals surface area contributed by atoms with E-state index in [0.717, 1.165) is 6.42 Å². The number of aliphatic hydroxyl groups excluding tert-OH is 1. The highest BCUT2D eigenvalue weighted by atomic mass is 16.7. The van der Waals surface area contributed by atoms with Gasteiger partial charge in [0.25, 0.3) is 0 Å². The third-order valence-corrected chi connectivity index (χ3v) is 13.9. The van der Waals surface area contributed by atoms with Crippen molar-refractivity contribution < 1.29 is 57.8 Å². The molecule has 1 saturated heterocycles. The Labute approximate surface area is 348 Å². The van der Waals surface area contributed by atoms with Crippen LogP contribution in [-0.4, -0.2) is 93.9 Å². The third-order valence-electron chi connectivity index (χ3n) is 13.9. The van der Waals surface area contributed by atoms with Crippen LogP contribution in [0.15, 0.2) is 54.1 Å². The number of aliphatic hydroxyl groups is 2. The number of nitrogens with one attached hydrogen (secondary N) is 1. The summed E-state index contributed by atoms with van der Waals surface area (Å²) in [5.41, 5.74) is -4.41. The van der Waals surface area contributed by atoms with Gasteiger partial charge in [0.1, 0.15) is 23.4 Å². The first-order chi connectivity index (χ1) is 27.4. The van der Waals surface area contributed by atoms with Crippen LogP contribution in [0.25, 0.3) is 0 Å². The normalized spacial score (nSPS) is 36.0. The minimum absolute atomic E-state index is 0.0222. The maximum absolute atomic E-state index is 14.5. The van der Waals surface area contributed by atoms with Gasteiger partial charge in [0.05, 0.1) is 34.8 Å². The van der Waals surface area contributed by atoms with Crippen LogP contribution in [0.2, 0.25) is 0 Å². The molecule has 3 saturated carbocycles. The van der Waals surface area contributed by atoms with E-state index in [9.17, 15) is 29.4 Å². The Morgan fingerprint density at radius 2 is 1.73 bits per heavy atom. The summed E-state index contributed by atoms with van der Waals surface area (Å²) in [6.07, 6.45) is -2.98. The van der Waals surface area contributed by atoms with Gasteiger partial charge in [-0.1, -0.05) is 52.5 Å². The van der Waals surface area contributed by atoms with E-state index >= 15 is 0 Å². The van der Waals surface area contributed by atoms with Gasteiger partial charge in [0.15, 0.2) is 12.4 Å². The van der Waals surface area contributed by atoms with Crippen molar-refractivity contribution in [2.45, 2.75) is 168 Å². The predicted octanol–water partition coefficient (Wildman–Crippen LogP) is 6.59. The molecule has 326 valence electrons. The predicted molar refractivity (Wildman–Crippen MR) is 217 cm³/mol. The number of hydrogen-bond donors (Lipinski definition) is 3. The number of carbonyl (C=O) groups is 4. The summed E-state index contributed by atoms with van der Waals surface area (Å²) in [6.45, 7) is 23.6. The first kappa shape index (κ1) is 44.8. The first-order valence-electron chi connectivity index (χ1n) is 21.1. The maximum Gasteiger partial charge on any atom is 0.407 e. The zero-order valence-corrected chi connectivity index (χ0v) is 36.5. The molecule has 0 aromatic heterocycles. The van der Waals surface area contributed by atoms with Crippen LogP contribution in [0.4, 0.5) is 4.79 Å². The molecule has 1 aromatic rings. The summed E-state index contributed by atoms with van der Waals surface area (Å²) in [4.78, 5) is 54.7. The highest BCUT2D eigenvalue weighted by Gasteiger charge is 2.79. The molecular formula is C46H65NO12. The molecule has 0 radical (unpaired) electrons. The summed E-state index contributed by atoms with van der Waals surface area (Å²) in [7, 11) is 0. The van der Waals surface area contributed by atoms with Gasteiger partial charge in [-0.05, 0) is 102 Å². The quantitative estimate of drug-likeness (QED) is 0.124. The second-order valence-electron chi connectivity index (χ2n) is 19.7. The molecule has 3 N–H and O–H groups in total. The van der Waals surface area contributed by atoms with Crippen molar-refractivity contribution in [1.29, 1.82) is 0 Å². The fourth-order valence-corrected chi connectivity index (χ4v) is 11.6. The van der Waals surface area contributed by atoms with Crippen molar-refractivity contribution in [3.63, 3.8) is 0 Å². The molecule has 5 aliphatic rings. The van der Waals surface area contributed by atoms with Crippen molar-refractivity contribution in [3.05, 3.63) is 59.7 Å². The van der Waals surface area contributed by atoms with Crippen molar-refractivity contribution in [1.82, 2.24) is 5.32 Å². The van der Waals surface area contributed by atoms with Crippen LogP contribution in [0.3, 0.4) is 0 Å². The molecule has 4 fully saturated rings. The highest BCUT2D eigenvalue weighted by molar-refractivity contribution is 5.89. The van der Waals surface area contributed by atoms with Crippen LogP contribution < -0.4 is 5.32 Å². The summed E-state index contributed by atoms with van der Waals surface area (Å²) in [6, 6.07) is 7.55. The Morgan fingerprint density at radius 3 is 2.27 bits per heavy atom. The first-order valence-corrected chi connectivity index (χ1v) is 21.1. The molecule has 0 bridgehead atoms. The average Bonchev–Trinajstić information content (AvgIpc) is 3.39. The van der Waals surface area contributed by atoms with E-state index in [-0.39, 0.29) is 24.7 Å². The number of ether oxygens (including phenoxy) is 6. The Hall–Kier alpha value is -3.78. The lowest BCUT2D eigenvalue weighted by Crippen LogP contribution is -2.75. The van der Waals surface area contributed by atoms with Gasteiger partial charge in [-0.2, -0.15) is 0 Å². The number of amides is 1. The lowest BCUT2D eigenvalue weighted by Gasteiger charge is -2.68. The van der Waals surface area contributed by atoms with Gasteiger partial charge in [0, 0.05) is 36.5 Å². The molecule has 1 aromatic carbocycles. The maximum atomic E-state index is 14.5. The molecule has 2 unspecified atom stereocenters. The Balaban J connectivity index is 1.52. The number of carbonyl (C=O) groups excluding carboxylic acids is 4. The van der Waals surface area contributed by atoms with E-state index in [4.69, 9.17) is 28.4 Å². The summed E-state index contributed by atoms with van der Waals surface area (Å²) >= 11 is 0. The molecule has 13 nitrogen and oxygen atoms in total. The van der Waals surface area contributed by atoms with Gasteiger partial charge in [-0.15, -0.1) is 0 Å². The topological polar surface area (TPSA) is 176 Å². The van der Waals surface area contributed by atoms with Crippen LogP contribution in [0.1, 0.15) is 119 Å². The van der Waals surface area contributed by atoms with E-state index in [1.54, 1.807) is 71.0 Å². The average molecular weight is 824 g/mol. The van der Waals surface area contributed by atoms with Crippen molar-refractivity contribution in [2.24, 2.45) is 34.5 Å². The molecule has 4 aliphatic carbocycles. The molecular weight excluding hydrogens is 759 g/mol. The van der Waals surface area contributed by atoms with Crippen molar-refractivity contribution >= 4 is 24.0 Å². The van der Waals surface area contributed by atoms with Crippen molar-refractivity contribution in [3.8, 4) is 0 Å². The van der Waals surface area contributed by atoms with Crippen LogP contribution in [0.5, 0.6) is 0 Å². The second-order valence-corrected chi connectivity index (χ2v) is 19.7. The number of hydrogen-bond acceptors (Lipinski definition) is 12. The molecule has 0 spiro atoms. The number of rotatable bonds is 11. The Bertz CT molecular complexity index is 1830. The molecule has 59 heavy (non-hydrogen) atoms.